The molecule has 21 heavy (non-hydrogen) atoms. The Morgan fingerprint density at radius 3 is 2.81 bits per heavy atom. The van der Waals surface area contributed by atoms with Crippen LogP contribution in [0.4, 0.5) is 0 Å². The second-order valence-corrected chi connectivity index (χ2v) is 7.23. The molecule has 3 heterocycles. The fraction of sp³-hybridized carbons (Fsp3) is 0.733. The van der Waals surface area contributed by atoms with E-state index >= 15 is 0 Å². The van der Waals surface area contributed by atoms with Gasteiger partial charge in [-0.25, -0.2) is 4.79 Å². The summed E-state index contributed by atoms with van der Waals surface area (Å²) in [5, 5.41) is 0. The van der Waals surface area contributed by atoms with Gasteiger partial charge in [-0.15, -0.1) is 0 Å². The molecule has 0 aromatic carbocycles. The molecule has 1 saturated heterocycles. The Balaban J connectivity index is 1.41. The molecule has 0 unspecified atom stereocenters. The van der Waals surface area contributed by atoms with Gasteiger partial charge in [-0.3, -0.25) is 14.7 Å². The van der Waals surface area contributed by atoms with Crippen LogP contribution >= 0.6 is 0 Å². The molecule has 0 amide bonds. The molecule has 6 heteroatoms. The summed E-state index contributed by atoms with van der Waals surface area (Å²) < 4.78 is 6.12. The molecule has 5 rings (SSSR count). The first-order valence-electron chi connectivity index (χ1n) is 7.83. The lowest BCUT2D eigenvalue weighted by molar-refractivity contribution is -0.117. The van der Waals surface area contributed by atoms with Crippen molar-refractivity contribution in [1.82, 2.24) is 14.9 Å². The van der Waals surface area contributed by atoms with Gasteiger partial charge in [-0.05, 0) is 31.6 Å². The number of aromatic amines is 2. The van der Waals surface area contributed by atoms with Crippen molar-refractivity contribution < 1.29 is 4.74 Å². The van der Waals surface area contributed by atoms with E-state index in [-0.39, 0.29) is 11.2 Å². The molecule has 2 N–H and O–H groups in total. The van der Waals surface area contributed by atoms with Crippen LogP contribution in [0.15, 0.2) is 9.59 Å². The lowest BCUT2D eigenvalue weighted by Crippen LogP contribution is -2.50. The van der Waals surface area contributed by atoms with E-state index < -0.39 is 5.69 Å². The number of H-pyrrole nitrogens is 2. The van der Waals surface area contributed by atoms with Crippen molar-refractivity contribution in [2.24, 2.45) is 11.3 Å². The lowest BCUT2D eigenvalue weighted by atomic mass is 9.68. The molecular weight excluding hydrogens is 270 g/mol. The Bertz CT molecular complexity index is 732. The third kappa shape index (κ3) is 1.44. The van der Waals surface area contributed by atoms with Crippen LogP contribution < -0.4 is 11.2 Å². The standard InChI is InChI=1S/C15H19N3O3/c19-12-10-5-18(6-11(10)16-13(20)17-12)8-14-4-9(14)7-21-15(14)2-1-3-15/h9H,1-8H2,(H2,16,17,19,20)/t9-,14+/m0/s1. The Morgan fingerprint density at radius 1 is 1.24 bits per heavy atom. The van der Waals surface area contributed by atoms with Crippen LogP contribution in [0.5, 0.6) is 0 Å². The second kappa shape index (κ2) is 3.67. The lowest BCUT2D eigenvalue weighted by Gasteiger charge is -2.46. The van der Waals surface area contributed by atoms with Gasteiger partial charge >= 0.3 is 5.69 Å². The zero-order valence-corrected chi connectivity index (χ0v) is 11.9. The van der Waals surface area contributed by atoms with Crippen LogP contribution in [0.25, 0.3) is 0 Å². The van der Waals surface area contributed by atoms with Gasteiger partial charge in [0, 0.05) is 30.7 Å². The third-order valence-corrected chi connectivity index (χ3v) is 6.26. The first-order chi connectivity index (χ1) is 10.1. The Labute approximate surface area is 121 Å². The van der Waals surface area contributed by atoms with Crippen LogP contribution in [0.2, 0.25) is 0 Å². The summed E-state index contributed by atoms with van der Waals surface area (Å²) in [5.74, 6) is 0.707. The minimum atomic E-state index is -0.400. The maximum absolute atomic E-state index is 11.9. The SMILES string of the molecule is O=c1[nH]c2c(c(=O)[nH]1)CN(C[C@]13C[C@H]1COC31CCC1)C2. The van der Waals surface area contributed by atoms with E-state index in [9.17, 15) is 9.59 Å². The summed E-state index contributed by atoms with van der Waals surface area (Å²) in [6.45, 7) is 3.23. The van der Waals surface area contributed by atoms with Crippen LogP contribution in [0.3, 0.4) is 0 Å². The quantitative estimate of drug-likeness (QED) is 0.823. The number of hydrogen-bond donors (Lipinski definition) is 2. The van der Waals surface area contributed by atoms with Crippen LogP contribution in [-0.4, -0.2) is 33.6 Å². The minimum absolute atomic E-state index is 0.131. The summed E-state index contributed by atoms with van der Waals surface area (Å²) in [7, 11) is 0. The Morgan fingerprint density at radius 2 is 2.10 bits per heavy atom. The van der Waals surface area contributed by atoms with Crippen LogP contribution in [0.1, 0.15) is 36.9 Å². The van der Waals surface area contributed by atoms with E-state index in [1.54, 1.807) is 0 Å². The second-order valence-electron chi connectivity index (χ2n) is 7.23. The van der Waals surface area contributed by atoms with Gasteiger partial charge in [-0.1, -0.05) is 0 Å². The van der Waals surface area contributed by atoms with E-state index in [0.717, 1.165) is 24.4 Å². The molecule has 6 nitrogen and oxygen atoms in total. The minimum Gasteiger partial charge on any atom is -0.374 e. The number of rotatable bonds is 2. The number of nitrogens with zero attached hydrogens (tertiary/aromatic N) is 1. The zero-order chi connectivity index (χ0) is 14.2. The summed E-state index contributed by atoms with van der Waals surface area (Å²) in [4.78, 5) is 30.7. The molecule has 2 atom stereocenters. The summed E-state index contributed by atoms with van der Waals surface area (Å²) in [6.07, 6.45) is 4.94. The Hall–Kier alpha value is -1.40. The highest BCUT2D eigenvalue weighted by atomic mass is 16.5. The molecular formula is C15H19N3O3. The van der Waals surface area contributed by atoms with Gasteiger partial charge < -0.3 is 9.72 Å². The number of ether oxygens (including phenoxy) is 1. The predicted octanol–water partition coefficient (Wildman–Crippen LogP) is 0.338. The normalized spacial score (nSPS) is 35.5. The first-order valence-corrected chi connectivity index (χ1v) is 7.83. The van der Waals surface area contributed by atoms with Crippen molar-refractivity contribution in [3.63, 3.8) is 0 Å². The highest BCUT2D eigenvalue weighted by Gasteiger charge is 2.73. The van der Waals surface area contributed by atoms with Crippen molar-refractivity contribution >= 4 is 0 Å². The third-order valence-electron chi connectivity index (χ3n) is 6.26. The van der Waals surface area contributed by atoms with E-state index in [4.69, 9.17) is 4.74 Å². The van der Waals surface area contributed by atoms with Crippen molar-refractivity contribution in [3.8, 4) is 0 Å². The molecule has 2 aliphatic heterocycles. The number of fused-ring (bicyclic) bond motifs is 3. The average molecular weight is 289 g/mol. The topological polar surface area (TPSA) is 78.2 Å². The van der Waals surface area contributed by atoms with E-state index in [2.05, 4.69) is 14.9 Å². The molecule has 3 fully saturated rings. The smallest absolute Gasteiger partial charge is 0.325 e. The highest BCUT2D eigenvalue weighted by molar-refractivity contribution is 5.25. The first kappa shape index (κ1) is 12.2. The molecule has 112 valence electrons. The van der Waals surface area contributed by atoms with Gasteiger partial charge in [0.2, 0.25) is 0 Å². The molecule has 1 aromatic heterocycles. The number of aromatic nitrogens is 2. The molecule has 0 bridgehead atoms. The summed E-state index contributed by atoms with van der Waals surface area (Å²) >= 11 is 0. The van der Waals surface area contributed by atoms with Gasteiger partial charge in [0.1, 0.15) is 0 Å². The van der Waals surface area contributed by atoms with Gasteiger partial charge in [0.05, 0.1) is 17.8 Å². The number of nitrogens with one attached hydrogen (secondary N) is 2. The van der Waals surface area contributed by atoms with E-state index in [0.29, 0.717) is 24.4 Å². The average Bonchev–Trinajstić information content (AvgIpc) is 2.77. The van der Waals surface area contributed by atoms with Gasteiger partial charge in [-0.2, -0.15) is 0 Å². The van der Waals surface area contributed by atoms with Crippen molar-refractivity contribution in [1.29, 1.82) is 0 Å². The predicted molar refractivity (Wildman–Crippen MR) is 74.9 cm³/mol. The van der Waals surface area contributed by atoms with E-state index in [1.807, 2.05) is 0 Å². The molecule has 2 saturated carbocycles. The summed E-state index contributed by atoms with van der Waals surface area (Å²) in [6, 6.07) is 0. The molecule has 1 spiro atoms. The Kier molecular flexibility index (Phi) is 2.13. The summed E-state index contributed by atoms with van der Waals surface area (Å²) in [5.41, 5.74) is 1.33. The fourth-order valence-corrected chi connectivity index (χ4v) is 4.91. The maximum atomic E-state index is 11.9. The van der Waals surface area contributed by atoms with Crippen LogP contribution in [-0.2, 0) is 17.8 Å². The monoisotopic (exact) mass is 289 g/mol. The van der Waals surface area contributed by atoms with E-state index in [1.165, 1.54) is 25.7 Å². The molecule has 1 aromatic rings. The molecule has 2 aliphatic carbocycles. The maximum Gasteiger partial charge on any atom is 0.325 e. The van der Waals surface area contributed by atoms with Crippen molar-refractivity contribution in [2.45, 2.75) is 44.4 Å². The largest absolute Gasteiger partial charge is 0.374 e. The zero-order valence-electron chi connectivity index (χ0n) is 11.9. The fourth-order valence-electron chi connectivity index (χ4n) is 4.91. The number of hydrogen-bond acceptors (Lipinski definition) is 4. The van der Waals surface area contributed by atoms with Gasteiger partial charge in [0.15, 0.2) is 0 Å². The molecule has 0 radical (unpaired) electrons. The van der Waals surface area contributed by atoms with Crippen molar-refractivity contribution in [3.05, 3.63) is 32.1 Å². The van der Waals surface area contributed by atoms with Crippen molar-refractivity contribution in [2.75, 3.05) is 13.2 Å². The molecule has 4 aliphatic rings. The van der Waals surface area contributed by atoms with Gasteiger partial charge in [0.25, 0.3) is 5.56 Å². The van der Waals surface area contributed by atoms with Crippen LogP contribution in [0, 0.1) is 11.3 Å². The highest BCUT2D eigenvalue weighted by Crippen LogP contribution is 2.71.